The molecular weight excluding hydrogens is 303 g/mol. The largest absolute Gasteiger partial charge is 0.299 e. The van der Waals surface area contributed by atoms with Gasteiger partial charge < -0.3 is 0 Å². The Morgan fingerprint density at radius 3 is 2.92 bits per heavy atom. The van der Waals surface area contributed by atoms with Gasteiger partial charge in [0.05, 0.1) is 0 Å². The second-order valence-corrected chi connectivity index (χ2v) is 7.85. The maximum Gasteiger partial charge on any atom is 0.178 e. The lowest BCUT2D eigenvalue weighted by atomic mass is 9.51. The number of terminal acetylenes is 1. The van der Waals surface area contributed by atoms with Crippen molar-refractivity contribution in [3.63, 3.8) is 0 Å². The van der Waals surface area contributed by atoms with Crippen molar-refractivity contribution in [2.24, 2.45) is 22.7 Å². The van der Waals surface area contributed by atoms with E-state index < -0.39 is 11.6 Å². The van der Waals surface area contributed by atoms with Crippen LogP contribution in [0.25, 0.3) is 0 Å². The predicted octanol–water partition coefficient (Wildman–Crippen LogP) is 3.73. The van der Waals surface area contributed by atoms with Crippen LogP contribution >= 0.6 is 0 Å². The molecule has 0 saturated heterocycles. The van der Waals surface area contributed by atoms with Crippen LogP contribution < -0.4 is 0 Å². The average Bonchev–Trinajstić information content (AvgIpc) is 2.85. The van der Waals surface area contributed by atoms with Gasteiger partial charge in [-0.2, -0.15) is 0 Å². The number of hydrogen-bond acceptors (Lipinski definition) is 2. The first-order valence-corrected chi connectivity index (χ1v) is 8.69. The van der Waals surface area contributed by atoms with E-state index in [0.29, 0.717) is 37.0 Å². The molecule has 4 unspecified atom stereocenters. The van der Waals surface area contributed by atoms with Gasteiger partial charge in [0.15, 0.2) is 5.78 Å². The Hall–Kier alpha value is -1.95. The molecule has 0 N–H and O–H groups in total. The highest BCUT2D eigenvalue weighted by molar-refractivity contribution is 6.01. The molecule has 2 fully saturated rings. The number of Topliss-reactive ketones (excluding diaryl/α,β-unsaturated/α-hetero) is 1. The van der Waals surface area contributed by atoms with Gasteiger partial charge in [0, 0.05) is 23.7 Å². The molecule has 5 atom stereocenters. The van der Waals surface area contributed by atoms with Crippen molar-refractivity contribution in [1.29, 1.82) is 0 Å². The number of hydrogen-bond donors (Lipinski definition) is 0. The molecule has 0 radical (unpaired) electrons. The minimum absolute atomic E-state index is 0.0357. The highest BCUT2D eigenvalue weighted by atomic mass is 19.1. The number of rotatable bonds is 1. The summed E-state index contributed by atoms with van der Waals surface area (Å²) < 4.78 is 15.1. The molecule has 4 aliphatic carbocycles. The van der Waals surface area contributed by atoms with E-state index in [4.69, 9.17) is 6.42 Å². The van der Waals surface area contributed by atoms with Gasteiger partial charge in [-0.05, 0) is 48.8 Å². The van der Waals surface area contributed by atoms with Gasteiger partial charge in [-0.15, -0.1) is 12.3 Å². The number of alkyl halides is 1. The number of carbonyl (C=O) groups excluding carboxylic acids is 2. The van der Waals surface area contributed by atoms with Crippen molar-refractivity contribution in [3.8, 4) is 12.3 Å². The molecule has 124 valence electrons. The molecule has 0 aromatic carbocycles. The molecule has 2 nitrogen and oxygen atoms in total. The van der Waals surface area contributed by atoms with Gasteiger partial charge in [-0.25, -0.2) is 4.39 Å². The van der Waals surface area contributed by atoms with E-state index in [9.17, 15) is 9.59 Å². The van der Waals surface area contributed by atoms with Crippen molar-refractivity contribution < 1.29 is 14.0 Å². The standard InChI is InChI=1S/C21H21FO2/c1-3-8-21-10-6-13(23)11-17(21)18(22)12-14-15-4-5-19(24)20(15,2)9-7-16(14)21/h1,6-7,10-11,14-15,18H,4-5,8-9,12H2,2H3/t14?,15?,18?,20?,21-/m1/s1. The Labute approximate surface area is 141 Å². The van der Waals surface area contributed by atoms with Gasteiger partial charge in [0.1, 0.15) is 12.0 Å². The molecule has 3 heteroatoms. The highest BCUT2D eigenvalue weighted by Gasteiger charge is 2.58. The summed E-state index contributed by atoms with van der Waals surface area (Å²) in [6.45, 7) is 2.03. The molecule has 0 amide bonds. The van der Waals surface area contributed by atoms with Crippen LogP contribution in [0.15, 0.2) is 35.5 Å². The fraction of sp³-hybridized carbons (Fsp3) is 0.524. The highest BCUT2D eigenvalue weighted by Crippen LogP contribution is 2.62. The molecule has 2 saturated carbocycles. The SMILES string of the molecule is C#CC[C@]12C=CC(=O)C=C1C(F)CC1C2=CCC2(C)C(=O)CCC12. The fourth-order valence-electron chi connectivity index (χ4n) is 5.56. The normalized spacial score (nSPS) is 43.3. The average molecular weight is 324 g/mol. The molecule has 4 aliphatic rings. The fourth-order valence-corrected chi connectivity index (χ4v) is 5.56. The summed E-state index contributed by atoms with van der Waals surface area (Å²) in [6.07, 6.45) is 14.2. The van der Waals surface area contributed by atoms with Crippen molar-refractivity contribution in [2.45, 2.75) is 45.2 Å². The summed E-state index contributed by atoms with van der Waals surface area (Å²) in [5.41, 5.74) is 0.628. The first kappa shape index (κ1) is 15.6. The summed E-state index contributed by atoms with van der Waals surface area (Å²) in [7, 11) is 0. The smallest absolute Gasteiger partial charge is 0.178 e. The van der Waals surface area contributed by atoms with Gasteiger partial charge in [-0.3, -0.25) is 9.59 Å². The third kappa shape index (κ3) is 1.83. The third-order valence-corrected chi connectivity index (χ3v) is 6.81. The summed E-state index contributed by atoms with van der Waals surface area (Å²) in [6, 6.07) is 0. The number of fused-ring (bicyclic) bond motifs is 5. The molecule has 0 aliphatic heterocycles. The molecular formula is C21H21FO2. The van der Waals surface area contributed by atoms with E-state index in [1.54, 1.807) is 0 Å². The Kier molecular flexibility index (Phi) is 3.26. The quantitative estimate of drug-likeness (QED) is 0.544. The maximum atomic E-state index is 15.1. The van der Waals surface area contributed by atoms with E-state index in [1.165, 1.54) is 12.2 Å². The summed E-state index contributed by atoms with van der Waals surface area (Å²) in [4.78, 5) is 24.2. The van der Waals surface area contributed by atoms with Crippen LogP contribution in [-0.2, 0) is 9.59 Å². The summed E-state index contributed by atoms with van der Waals surface area (Å²) in [5, 5.41) is 0. The van der Waals surface area contributed by atoms with Crippen molar-refractivity contribution in [3.05, 3.63) is 35.5 Å². The first-order chi connectivity index (χ1) is 11.4. The molecule has 0 spiro atoms. The minimum atomic E-state index is -1.17. The first-order valence-electron chi connectivity index (χ1n) is 8.69. The molecule has 0 aromatic heterocycles. The molecule has 4 rings (SSSR count). The number of ketones is 2. The van der Waals surface area contributed by atoms with Gasteiger partial charge >= 0.3 is 0 Å². The van der Waals surface area contributed by atoms with Crippen LogP contribution in [0, 0.1) is 35.0 Å². The van der Waals surface area contributed by atoms with Crippen LogP contribution in [0.4, 0.5) is 4.39 Å². The Balaban J connectivity index is 1.87. The van der Waals surface area contributed by atoms with Crippen molar-refractivity contribution in [2.75, 3.05) is 0 Å². The maximum absolute atomic E-state index is 15.1. The lowest BCUT2D eigenvalue weighted by Gasteiger charge is -2.52. The van der Waals surface area contributed by atoms with Crippen LogP contribution in [-0.4, -0.2) is 17.7 Å². The van der Waals surface area contributed by atoms with Gasteiger partial charge in [0.25, 0.3) is 0 Å². The summed E-state index contributed by atoms with van der Waals surface area (Å²) >= 11 is 0. The van der Waals surface area contributed by atoms with Gasteiger partial charge in [-0.1, -0.05) is 24.6 Å². The topological polar surface area (TPSA) is 34.1 Å². The zero-order valence-corrected chi connectivity index (χ0v) is 13.8. The number of carbonyl (C=O) groups is 2. The van der Waals surface area contributed by atoms with Crippen LogP contribution in [0.1, 0.15) is 39.0 Å². The van der Waals surface area contributed by atoms with Crippen LogP contribution in [0.2, 0.25) is 0 Å². The lowest BCUT2D eigenvalue weighted by Crippen LogP contribution is -2.47. The lowest BCUT2D eigenvalue weighted by molar-refractivity contribution is -0.127. The van der Waals surface area contributed by atoms with Crippen LogP contribution in [0.3, 0.4) is 0 Å². The monoisotopic (exact) mass is 324 g/mol. The number of halogens is 1. The van der Waals surface area contributed by atoms with Crippen molar-refractivity contribution in [1.82, 2.24) is 0 Å². The third-order valence-electron chi connectivity index (χ3n) is 6.81. The zero-order valence-electron chi connectivity index (χ0n) is 13.8. The van der Waals surface area contributed by atoms with E-state index in [0.717, 1.165) is 12.0 Å². The van der Waals surface area contributed by atoms with Crippen LogP contribution in [0.5, 0.6) is 0 Å². The Morgan fingerprint density at radius 2 is 2.17 bits per heavy atom. The van der Waals surface area contributed by atoms with Gasteiger partial charge in [0.2, 0.25) is 0 Å². The Morgan fingerprint density at radius 1 is 1.38 bits per heavy atom. The second kappa shape index (κ2) is 5.02. The molecule has 0 bridgehead atoms. The zero-order chi connectivity index (χ0) is 17.1. The summed E-state index contributed by atoms with van der Waals surface area (Å²) in [5.74, 6) is 3.05. The Bertz CT molecular complexity index is 765. The number of allylic oxidation sites excluding steroid dienone is 6. The van der Waals surface area contributed by atoms with E-state index in [-0.39, 0.29) is 23.0 Å². The minimum Gasteiger partial charge on any atom is -0.299 e. The van der Waals surface area contributed by atoms with E-state index >= 15 is 4.39 Å². The second-order valence-electron chi connectivity index (χ2n) is 7.85. The molecule has 0 heterocycles. The molecule has 0 aromatic rings. The van der Waals surface area contributed by atoms with E-state index in [2.05, 4.69) is 12.0 Å². The predicted molar refractivity (Wildman–Crippen MR) is 89.7 cm³/mol. The van der Waals surface area contributed by atoms with Crippen molar-refractivity contribution >= 4 is 11.6 Å². The van der Waals surface area contributed by atoms with E-state index in [1.807, 2.05) is 13.0 Å². The molecule has 24 heavy (non-hydrogen) atoms.